The molecule has 4 heterocycles. The summed E-state index contributed by atoms with van der Waals surface area (Å²) in [6.07, 6.45) is -6.46. The molecule has 0 unspecified atom stereocenters. The Labute approximate surface area is 319 Å². The summed E-state index contributed by atoms with van der Waals surface area (Å²) in [5.74, 6) is 0. The molecular weight excluding hydrogens is 758 g/mol. The maximum atomic E-state index is 13.3. The van der Waals surface area contributed by atoms with Gasteiger partial charge in [-0.05, 0) is 42.7 Å². The lowest BCUT2D eigenvalue weighted by atomic mass is 10.1. The second-order valence-electron chi connectivity index (χ2n) is 12.5. The van der Waals surface area contributed by atoms with Crippen LogP contribution < -0.4 is 26.6 Å². The van der Waals surface area contributed by atoms with Gasteiger partial charge in [0.2, 0.25) is 0 Å². The van der Waals surface area contributed by atoms with E-state index in [-0.39, 0.29) is 47.8 Å². The van der Waals surface area contributed by atoms with Crippen LogP contribution in [-0.2, 0) is 32.0 Å². The lowest BCUT2D eigenvalue weighted by Gasteiger charge is -2.17. The van der Waals surface area contributed by atoms with Crippen molar-refractivity contribution >= 4 is 33.4 Å². The maximum Gasteiger partial charge on any atom is 0.416 e. The van der Waals surface area contributed by atoms with E-state index < -0.39 is 34.6 Å². The number of hydrogen-bond donors (Lipinski definition) is 3. The first-order valence-electron chi connectivity index (χ1n) is 17.0. The minimum atomic E-state index is -4.48. The Morgan fingerprint density at radius 3 is 1.61 bits per heavy atom. The SMILES string of the molecule is Cc1ncnc2c1c(NCc1ccccc1C(F)(F)F)cc(=O)n2O.Cc1ncnc2c1c(NCc1ccccc1C(F)(F)F)cc(=O)n2OCc1ccccc1. The molecule has 3 aromatic carbocycles. The number of nitrogens with one attached hydrogen (secondary N) is 2. The van der Waals surface area contributed by atoms with Crippen LogP contribution >= 0.6 is 0 Å². The lowest BCUT2D eigenvalue weighted by Crippen LogP contribution is -2.28. The predicted molar refractivity (Wildman–Crippen MR) is 199 cm³/mol. The zero-order chi connectivity index (χ0) is 40.9. The second-order valence-corrected chi connectivity index (χ2v) is 12.5. The number of pyridine rings is 2. The van der Waals surface area contributed by atoms with E-state index in [9.17, 15) is 41.1 Å². The number of benzene rings is 3. The molecule has 0 amide bonds. The summed E-state index contributed by atoms with van der Waals surface area (Å²) in [4.78, 5) is 46.5. The van der Waals surface area contributed by atoms with Crippen molar-refractivity contribution in [3.63, 3.8) is 0 Å². The van der Waals surface area contributed by atoms with E-state index in [1.165, 1.54) is 55.1 Å². The average molecular weight is 791 g/mol. The van der Waals surface area contributed by atoms with Gasteiger partial charge in [0, 0.05) is 25.2 Å². The monoisotopic (exact) mass is 790 g/mol. The molecule has 3 N–H and O–H groups in total. The number of alkyl halides is 6. The number of anilines is 2. The summed E-state index contributed by atoms with van der Waals surface area (Å²) in [6.45, 7) is 3.22. The predicted octanol–water partition coefficient (Wildman–Crippen LogP) is 7.33. The van der Waals surface area contributed by atoms with Gasteiger partial charge < -0.3 is 20.7 Å². The molecule has 0 fully saturated rings. The van der Waals surface area contributed by atoms with Crippen molar-refractivity contribution in [3.8, 4) is 0 Å². The molecule has 0 aliphatic heterocycles. The van der Waals surface area contributed by atoms with Gasteiger partial charge in [0.05, 0.1) is 44.7 Å². The van der Waals surface area contributed by atoms with Gasteiger partial charge >= 0.3 is 12.4 Å². The summed E-state index contributed by atoms with van der Waals surface area (Å²) in [6, 6.07) is 22.1. The van der Waals surface area contributed by atoms with Crippen molar-refractivity contribution in [3.05, 3.63) is 164 Å². The molecule has 57 heavy (non-hydrogen) atoms. The molecule has 7 rings (SSSR count). The highest BCUT2D eigenvalue weighted by Crippen LogP contribution is 2.34. The van der Waals surface area contributed by atoms with E-state index in [2.05, 4.69) is 30.6 Å². The number of rotatable bonds is 9. The Hall–Kier alpha value is -6.98. The van der Waals surface area contributed by atoms with Gasteiger partial charge in [-0.3, -0.25) is 9.59 Å². The maximum absolute atomic E-state index is 13.3. The molecule has 294 valence electrons. The van der Waals surface area contributed by atoms with Gasteiger partial charge in [0.1, 0.15) is 19.3 Å². The normalized spacial score (nSPS) is 11.6. The largest absolute Gasteiger partial charge is 0.423 e. The Bertz CT molecular complexity index is 2670. The zero-order valence-corrected chi connectivity index (χ0v) is 30.1. The van der Waals surface area contributed by atoms with E-state index in [0.717, 1.165) is 28.5 Å². The standard InChI is InChI=1S/C23H19F3N4O2.C16H13F3N4O2/c1-15-21-19(27-12-17-9-5-6-10-18(17)23(24,25)26)11-20(31)30(22(21)29-14-28-15)32-13-16-7-3-2-4-8-16;1-9-14-12(6-13(24)23(25)15(14)22-8-21-9)20-7-10-4-2-3-5-11(10)16(17,18)19/h2-11,14,27H,12-13H2,1H3;2-6,8,20,25H,7H2,1H3. The summed E-state index contributed by atoms with van der Waals surface area (Å²) >= 11 is 0. The van der Waals surface area contributed by atoms with Crippen molar-refractivity contribution in [1.29, 1.82) is 0 Å². The first kappa shape index (κ1) is 39.7. The van der Waals surface area contributed by atoms with Crippen LogP contribution in [-0.4, -0.2) is 34.6 Å². The zero-order valence-electron chi connectivity index (χ0n) is 30.1. The highest BCUT2D eigenvalue weighted by atomic mass is 19.4. The Balaban J connectivity index is 0.000000199. The highest BCUT2D eigenvalue weighted by Gasteiger charge is 2.33. The molecule has 0 aliphatic rings. The fourth-order valence-electron chi connectivity index (χ4n) is 5.99. The van der Waals surface area contributed by atoms with Crippen LogP contribution in [0.15, 0.2) is 113 Å². The van der Waals surface area contributed by atoms with E-state index in [0.29, 0.717) is 32.6 Å². The molecule has 18 heteroatoms. The smallest absolute Gasteiger partial charge is 0.416 e. The molecule has 0 saturated carbocycles. The third-order valence-electron chi connectivity index (χ3n) is 8.70. The van der Waals surface area contributed by atoms with E-state index in [4.69, 9.17) is 4.84 Å². The Morgan fingerprint density at radius 1 is 0.632 bits per heavy atom. The van der Waals surface area contributed by atoms with Crippen molar-refractivity contribution in [2.24, 2.45) is 0 Å². The molecule has 0 atom stereocenters. The minimum absolute atomic E-state index is 0.0217. The molecular formula is C39H32F6N8O4. The lowest BCUT2D eigenvalue weighted by molar-refractivity contribution is -0.139. The van der Waals surface area contributed by atoms with Crippen molar-refractivity contribution in [2.75, 3.05) is 10.6 Å². The number of aromatic nitrogens is 6. The Morgan fingerprint density at radius 2 is 1.09 bits per heavy atom. The van der Waals surface area contributed by atoms with Crippen molar-refractivity contribution in [1.82, 2.24) is 29.4 Å². The van der Waals surface area contributed by atoms with Crippen LogP contribution in [0.4, 0.5) is 37.7 Å². The number of hydrogen-bond acceptors (Lipinski definition) is 10. The molecule has 0 bridgehead atoms. The topological polar surface area (TPSA) is 149 Å². The van der Waals surface area contributed by atoms with Crippen molar-refractivity contribution in [2.45, 2.75) is 45.9 Å². The summed E-state index contributed by atoms with van der Waals surface area (Å²) in [5, 5.41) is 16.4. The van der Waals surface area contributed by atoms with Crippen LogP contribution in [0.25, 0.3) is 22.1 Å². The molecule has 0 radical (unpaired) electrons. The fourth-order valence-corrected chi connectivity index (χ4v) is 5.99. The number of aryl methyl sites for hydroxylation is 2. The van der Waals surface area contributed by atoms with Crippen LogP contribution in [0.5, 0.6) is 0 Å². The molecule has 0 aliphatic carbocycles. The number of fused-ring (bicyclic) bond motifs is 2. The fraction of sp³-hybridized carbons (Fsp3) is 0.179. The van der Waals surface area contributed by atoms with E-state index >= 15 is 0 Å². The van der Waals surface area contributed by atoms with Crippen LogP contribution in [0, 0.1) is 13.8 Å². The van der Waals surface area contributed by atoms with Gasteiger partial charge in [-0.15, -0.1) is 9.46 Å². The summed E-state index contributed by atoms with van der Waals surface area (Å²) in [5.41, 5.74) is 0.0365. The van der Waals surface area contributed by atoms with Gasteiger partial charge in [0.25, 0.3) is 11.1 Å². The third-order valence-corrected chi connectivity index (χ3v) is 8.70. The molecule has 0 spiro atoms. The number of nitrogens with zero attached hydrogens (tertiary/aromatic N) is 6. The van der Waals surface area contributed by atoms with Crippen LogP contribution in [0.3, 0.4) is 0 Å². The summed E-state index contributed by atoms with van der Waals surface area (Å²) < 4.78 is 80.6. The molecule has 4 aromatic heterocycles. The highest BCUT2D eigenvalue weighted by molar-refractivity contribution is 5.91. The third kappa shape index (κ3) is 8.95. The van der Waals surface area contributed by atoms with Crippen LogP contribution in [0.2, 0.25) is 0 Å². The van der Waals surface area contributed by atoms with Gasteiger partial charge in [0.15, 0.2) is 11.3 Å². The van der Waals surface area contributed by atoms with Crippen molar-refractivity contribution < 1.29 is 36.4 Å². The van der Waals surface area contributed by atoms with E-state index in [1.807, 2.05) is 30.3 Å². The first-order valence-corrected chi connectivity index (χ1v) is 17.0. The first-order chi connectivity index (χ1) is 27.1. The minimum Gasteiger partial charge on any atom is -0.423 e. The summed E-state index contributed by atoms with van der Waals surface area (Å²) in [7, 11) is 0. The van der Waals surface area contributed by atoms with Gasteiger partial charge in [-0.2, -0.15) is 26.3 Å². The van der Waals surface area contributed by atoms with Gasteiger partial charge in [-0.1, -0.05) is 66.7 Å². The Kier molecular flexibility index (Phi) is 11.4. The number of halogens is 6. The second kappa shape index (κ2) is 16.4. The molecule has 7 aromatic rings. The average Bonchev–Trinajstić information content (AvgIpc) is 3.18. The quantitative estimate of drug-likeness (QED) is 0.100. The van der Waals surface area contributed by atoms with Gasteiger partial charge in [-0.25, -0.2) is 19.9 Å². The molecule has 12 nitrogen and oxygen atoms in total. The molecule has 0 saturated heterocycles. The van der Waals surface area contributed by atoms with E-state index in [1.54, 1.807) is 13.8 Å². The van der Waals surface area contributed by atoms with Crippen LogP contribution in [0.1, 0.15) is 39.2 Å².